The maximum atomic E-state index is 14.3. The van der Waals surface area contributed by atoms with E-state index in [1.807, 2.05) is 43.7 Å². The summed E-state index contributed by atoms with van der Waals surface area (Å²) in [6.45, 7) is 13.5. The maximum Gasteiger partial charge on any atom is 0.407 e. The van der Waals surface area contributed by atoms with Crippen molar-refractivity contribution in [2.24, 2.45) is 14.1 Å². The molecular formula is C32H45ClN8O4Si. The molecule has 0 saturated carbocycles. The zero-order chi connectivity index (χ0) is 33.1. The monoisotopic (exact) mass is 668 g/mol. The van der Waals surface area contributed by atoms with E-state index in [9.17, 15) is 9.59 Å². The first kappa shape index (κ1) is 32.5. The molecule has 12 nitrogen and oxygen atoms in total. The van der Waals surface area contributed by atoms with Crippen LogP contribution in [0.2, 0.25) is 30.7 Å². The van der Waals surface area contributed by atoms with Gasteiger partial charge in [0.05, 0.1) is 10.4 Å². The number of carbonyl (C=O) groups is 1. The molecule has 3 aromatic heterocycles. The predicted octanol–water partition coefficient (Wildman–Crippen LogP) is 5.67. The van der Waals surface area contributed by atoms with Crippen LogP contribution in [0.4, 0.5) is 10.7 Å². The zero-order valence-electron chi connectivity index (χ0n) is 28.1. The first-order valence-electron chi connectivity index (χ1n) is 16.0. The van der Waals surface area contributed by atoms with Gasteiger partial charge in [0.25, 0.3) is 5.56 Å². The van der Waals surface area contributed by atoms with Crippen molar-refractivity contribution < 1.29 is 14.3 Å². The van der Waals surface area contributed by atoms with Crippen molar-refractivity contribution in [1.29, 1.82) is 0 Å². The number of rotatable bonds is 8. The van der Waals surface area contributed by atoms with Gasteiger partial charge >= 0.3 is 6.09 Å². The number of hydrogen-bond acceptors (Lipinski definition) is 8. The fourth-order valence-corrected chi connectivity index (χ4v) is 7.93. The number of carbonyl (C=O) groups excluding carboxylic acids is 1. The average molecular weight is 669 g/mol. The molecule has 2 aliphatic heterocycles. The third kappa shape index (κ3) is 6.28. The fourth-order valence-electron chi connectivity index (χ4n) is 6.79. The molecule has 2 bridgehead atoms. The van der Waals surface area contributed by atoms with Crippen LogP contribution in [0, 0.1) is 0 Å². The topological polar surface area (TPSA) is 121 Å². The fraction of sp³-hybridized carbons (Fsp3) is 0.594. The lowest BCUT2D eigenvalue weighted by Gasteiger charge is -2.40. The summed E-state index contributed by atoms with van der Waals surface area (Å²) in [7, 11) is 2.30. The molecule has 0 aliphatic carbocycles. The second-order valence-electron chi connectivity index (χ2n) is 14.9. The van der Waals surface area contributed by atoms with Gasteiger partial charge in [-0.1, -0.05) is 42.5 Å². The summed E-state index contributed by atoms with van der Waals surface area (Å²) in [5.74, 6) is 0.631. The van der Waals surface area contributed by atoms with Gasteiger partial charge in [0.1, 0.15) is 23.4 Å². The summed E-state index contributed by atoms with van der Waals surface area (Å²) in [5.41, 5.74) is 2.65. The van der Waals surface area contributed by atoms with Gasteiger partial charge in [-0.3, -0.25) is 9.36 Å². The molecule has 1 N–H and O–H groups in total. The van der Waals surface area contributed by atoms with E-state index in [1.54, 1.807) is 23.3 Å². The second kappa shape index (κ2) is 12.0. The highest BCUT2D eigenvalue weighted by molar-refractivity contribution is 6.76. The van der Waals surface area contributed by atoms with Gasteiger partial charge in [-0.15, -0.1) is 5.10 Å². The minimum atomic E-state index is -1.29. The van der Waals surface area contributed by atoms with Crippen molar-refractivity contribution in [2.75, 3.05) is 11.5 Å². The Balaban J connectivity index is 1.38. The Morgan fingerprint density at radius 1 is 1.11 bits per heavy atom. The van der Waals surface area contributed by atoms with E-state index >= 15 is 0 Å². The Bertz CT molecular complexity index is 1840. The summed E-state index contributed by atoms with van der Waals surface area (Å²) in [5, 5.41) is 12.4. The molecule has 248 valence electrons. The lowest BCUT2D eigenvalue weighted by Crippen LogP contribution is -2.52. The summed E-state index contributed by atoms with van der Waals surface area (Å²) < 4.78 is 16.9. The van der Waals surface area contributed by atoms with E-state index in [1.165, 1.54) is 0 Å². The Hall–Kier alpha value is -3.42. The van der Waals surface area contributed by atoms with Gasteiger partial charge in [0.2, 0.25) is 5.95 Å². The molecule has 5 heterocycles. The molecule has 4 aromatic rings. The number of aromatic nitrogens is 6. The molecule has 14 heteroatoms. The van der Waals surface area contributed by atoms with Crippen LogP contribution in [0.15, 0.2) is 23.1 Å². The van der Waals surface area contributed by atoms with Crippen LogP contribution in [0.5, 0.6) is 0 Å². The lowest BCUT2D eigenvalue weighted by molar-refractivity contribution is 0.0492. The van der Waals surface area contributed by atoms with Gasteiger partial charge in [-0.05, 0) is 58.6 Å². The Morgan fingerprint density at radius 3 is 2.46 bits per heavy atom. The molecule has 2 aliphatic rings. The van der Waals surface area contributed by atoms with Crippen molar-refractivity contribution >= 4 is 53.8 Å². The summed E-state index contributed by atoms with van der Waals surface area (Å²) >= 11 is 6.97. The van der Waals surface area contributed by atoms with Crippen LogP contribution in [0.1, 0.15) is 46.5 Å². The van der Waals surface area contributed by atoms with Crippen molar-refractivity contribution in [3.8, 4) is 11.1 Å². The lowest BCUT2D eigenvalue weighted by atomic mass is 9.98. The van der Waals surface area contributed by atoms with Gasteiger partial charge in [0.15, 0.2) is 5.65 Å². The minimum absolute atomic E-state index is 0.00172. The highest BCUT2D eigenvalue weighted by Crippen LogP contribution is 2.41. The van der Waals surface area contributed by atoms with E-state index in [0.717, 1.165) is 31.7 Å². The number of alkyl carbamates (subject to hydrolysis) is 1. The number of halogens is 1. The number of hydrogen-bond donors (Lipinski definition) is 1. The first-order chi connectivity index (χ1) is 21.6. The van der Waals surface area contributed by atoms with E-state index in [-0.39, 0.29) is 30.4 Å². The first-order valence-corrected chi connectivity index (χ1v) is 20.1. The molecule has 2 saturated heterocycles. The number of nitrogens with one attached hydrogen (secondary N) is 1. The molecule has 6 rings (SSSR count). The van der Waals surface area contributed by atoms with Crippen LogP contribution in [-0.2, 0) is 30.3 Å². The molecule has 1 amide bonds. The van der Waals surface area contributed by atoms with Crippen molar-refractivity contribution in [1.82, 2.24) is 34.4 Å². The molecule has 0 spiro atoms. The Labute approximate surface area is 275 Å². The van der Waals surface area contributed by atoms with Gasteiger partial charge < -0.3 is 24.3 Å². The normalized spacial score (nSPS) is 20.2. The van der Waals surface area contributed by atoms with E-state index in [0.29, 0.717) is 50.8 Å². The Morgan fingerprint density at radius 2 is 1.80 bits per heavy atom. The number of fused-ring (bicyclic) bond motifs is 4. The highest BCUT2D eigenvalue weighted by Gasteiger charge is 2.43. The Kier molecular flexibility index (Phi) is 8.47. The molecule has 1 aromatic carbocycles. The maximum absolute atomic E-state index is 14.3. The minimum Gasteiger partial charge on any atom is -0.444 e. The third-order valence-corrected chi connectivity index (χ3v) is 11.1. The smallest absolute Gasteiger partial charge is 0.407 e. The number of anilines is 1. The molecule has 3 atom stereocenters. The van der Waals surface area contributed by atoms with Crippen LogP contribution in [0.3, 0.4) is 0 Å². The van der Waals surface area contributed by atoms with E-state index in [2.05, 4.69) is 40.2 Å². The molecule has 46 heavy (non-hydrogen) atoms. The molecule has 0 unspecified atom stereocenters. The third-order valence-electron chi connectivity index (χ3n) is 8.98. The van der Waals surface area contributed by atoms with Crippen LogP contribution in [0.25, 0.3) is 33.2 Å². The van der Waals surface area contributed by atoms with E-state index in [4.69, 9.17) is 26.1 Å². The van der Waals surface area contributed by atoms with Gasteiger partial charge in [0, 0.05) is 64.2 Å². The number of amides is 1. The summed E-state index contributed by atoms with van der Waals surface area (Å²) in [6.07, 6.45) is 4.97. The highest BCUT2D eigenvalue weighted by atomic mass is 35.5. The number of aryl methyl sites for hydroxylation is 1. The molecular weight excluding hydrogens is 624 g/mol. The number of piperidine rings is 1. The number of benzene rings is 1. The van der Waals surface area contributed by atoms with Crippen LogP contribution < -0.4 is 15.8 Å². The largest absolute Gasteiger partial charge is 0.444 e. The quantitative estimate of drug-likeness (QED) is 0.188. The SMILES string of the molecule is Cn1c(N2[C@@H]3CC[C@H]2C[C@@H](NC(=O)OC(C)(C)C)C3)nc2c(c(-c3ccc4nnn(C)c4c3Cl)cn2COCC[Si](C)(C)C)c1=O. The van der Waals surface area contributed by atoms with Crippen LogP contribution in [-0.4, -0.2) is 73.6 Å². The zero-order valence-corrected chi connectivity index (χ0v) is 29.8. The van der Waals surface area contributed by atoms with Crippen molar-refractivity contribution in [2.45, 2.75) is 103 Å². The molecule has 0 radical (unpaired) electrons. The summed E-state index contributed by atoms with van der Waals surface area (Å²) in [6, 6.07) is 5.07. The van der Waals surface area contributed by atoms with Crippen molar-refractivity contribution in [3.05, 3.63) is 33.7 Å². The second-order valence-corrected chi connectivity index (χ2v) is 20.9. The standard InChI is InChI=1S/C32H45ClN8O4Si/c1-32(2,3)45-31(43)34-19-15-20-9-10-21(16-19)41(20)30-35-28-25(29(42)38(30)4)23(17-40(28)18-44-13-14-46(6,7)8)22-11-12-24-27(26(22)33)39(5)37-36-24/h11-12,17,19-21H,9-10,13-16,18H2,1-8H3,(H,34,43)/t19-,20+,21-. The van der Waals surface area contributed by atoms with Crippen molar-refractivity contribution in [3.63, 3.8) is 0 Å². The molecule has 2 fully saturated rings. The van der Waals surface area contributed by atoms with Crippen LogP contribution >= 0.6 is 11.6 Å². The average Bonchev–Trinajstić information content (AvgIpc) is 3.58. The predicted molar refractivity (Wildman–Crippen MR) is 183 cm³/mol. The van der Waals surface area contributed by atoms with Gasteiger partial charge in [-0.25, -0.2) is 9.48 Å². The number of nitrogens with zero attached hydrogens (tertiary/aromatic N) is 7. The van der Waals surface area contributed by atoms with E-state index < -0.39 is 19.8 Å². The summed E-state index contributed by atoms with van der Waals surface area (Å²) in [4.78, 5) is 34.4. The number of ether oxygens (including phenoxy) is 2. The van der Waals surface area contributed by atoms with Gasteiger partial charge in [-0.2, -0.15) is 4.98 Å².